The van der Waals surface area contributed by atoms with Crippen LogP contribution in [-0.4, -0.2) is 36.7 Å². The second-order valence-electron chi connectivity index (χ2n) is 4.31. The number of carbonyl (C=O) groups excluding carboxylic acids is 2. The average Bonchev–Trinajstić information content (AvgIpc) is 2.89. The van der Waals surface area contributed by atoms with Gasteiger partial charge >= 0.3 is 12.1 Å². The van der Waals surface area contributed by atoms with Crippen LogP contribution in [0.2, 0.25) is 0 Å². The largest absolute Gasteiger partial charge is 0.514 e. The number of pyridine rings is 1. The van der Waals surface area contributed by atoms with Crippen molar-refractivity contribution in [3.8, 4) is 0 Å². The van der Waals surface area contributed by atoms with Gasteiger partial charge in [0.1, 0.15) is 6.61 Å². The molecule has 0 amide bonds. The minimum Gasteiger partial charge on any atom is -0.456 e. The van der Waals surface area contributed by atoms with E-state index in [4.69, 9.17) is 9.47 Å². The van der Waals surface area contributed by atoms with Crippen molar-refractivity contribution in [2.45, 2.75) is 5.92 Å². The summed E-state index contributed by atoms with van der Waals surface area (Å²) in [5.74, 6) is -1.14. The maximum absolute atomic E-state index is 11.9. The molecule has 108 valence electrons. The molecule has 0 saturated heterocycles. The summed E-state index contributed by atoms with van der Waals surface area (Å²) in [7, 11) is 1.19. The Kier molecular flexibility index (Phi) is 3.27. The summed E-state index contributed by atoms with van der Waals surface area (Å²) in [4.78, 5) is 27.3. The highest BCUT2D eigenvalue weighted by Gasteiger charge is 2.40. The number of nitrogens with zero attached hydrogens (tertiary/aromatic N) is 2. The van der Waals surface area contributed by atoms with Crippen LogP contribution in [0.4, 0.5) is 4.79 Å². The summed E-state index contributed by atoms with van der Waals surface area (Å²) >= 11 is 0. The molecule has 0 spiro atoms. The van der Waals surface area contributed by atoms with E-state index in [-0.39, 0.29) is 12.5 Å². The number of carbonyl (C=O) groups is 2. The van der Waals surface area contributed by atoms with Gasteiger partial charge in [-0.15, -0.1) is 5.10 Å². The summed E-state index contributed by atoms with van der Waals surface area (Å²) in [6.45, 7) is 0.111. The molecule has 0 saturated carbocycles. The van der Waals surface area contributed by atoms with Gasteiger partial charge < -0.3 is 14.2 Å². The highest BCUT2D eigenvalue weighted by molar-refractivity contribution is 6.05. The van der Waals surface area contributed by atoms with Crippen molar-refractivity contribution in [2.75, 3.05) is 13.7 Å². The number of hydrogen-bond donors (Lipinski definition) is 1. The third-order valence-electron chi connectivity index (χ3n) is 3.10. The molecule has 0 radical (unpaired) electrons. The van der Waals surface area contributed by atoms with E-state index in [1.54, 1.807) is 24.5 Å². The molecule has 2 aliphatic rings. The first-order valence-electron chi connectivity index (χ1n) is 6.10. The number of hydrogen-bond acceptors (Lipinski definition) is 8. The van der Waals surface area contributed by atoms with E-state index in [0.717, 1.165) is 0 Å². The van der Waals surface area contributed by atoms with Gasteiger partial charge in [0.15, 0.2) is 0 Å². The Bertz CT molecular complexity index is 653. The van der Waals surface area contributed by atoms with Crippen LogP contribution in [0.5, 0.6) is 0 Å². The maximum Gasteiger partial charge on any atom is 0.514 e. The van der Waals surface area contributed by atoms with Crippen LogP contribution in [0.3, 0.4) is 0 Å². The van der Waals surface area contributed by atoms with Crippen LogP contribution in [0, 0.1) is 0 Å². The molecule has 21 heavy (non-hydrogen) atoms. The van der Waals surface area contributed by atoms with Crippen LogP contribution in [-0.2, 0) is 19.0 Å². The van der Waals surface area contributed by atoms with Gasteiger partial charge in [-0.1, -0.05) is 6.07 Å². The van der Waals surface area contributed by atoms with Gasteiger partial charge in [-0.3, -0.25) is 10.4 Å². The van der Waals surface area contributed by atoms with Gasteiger partial charge in [-0.05, 0) is 11.6 Å². The monoisotopic (exact) mass is 289 g/mol. The van der Waals surface area contributed by atoms with Gasteiger partial charge in [0.25, 0.3) is 0 Å². The fourth-order valence-electron chi connectivity index (χ4n) is 2.18. The molecule has 3 heterocycles. The van der Waals surface area contributed by atoms with E-state index >= 15 is 0 Å². The molecule has 1 aromatic rings. The molecule has 8 heteroatoms. The second kappa shape index (κ2) is 5.23. The number of esters is 1. The number of nitrogens with one attached hydrogen (secondary N) is 1. The van der Waals surface area contributed by atoms with E-state index in [1.165, 1.54) is 7.11 Å². The average molecular weight is 289 g/mol. The van der Waals surface area contributed by atoms with Crippen LogP contribution in [0.15, 0.2) is 40.9 Å². The second-order valence-corrected chi connectivity index (χ2v) is 4.31. The first-order valence-corrected chi connectivity index (χ1v) is 6.10. The molecule has 1 aromatic heterocycles. The number of hydrazone groups is 1. The van der Waals surface area contributed by atoms with Gasteiger partial charge in [-0.25, -0.2) is 9.59 Å². The van der Waals surface area contributed by atoms with Crippen molar-refractivity contribution >= 4 is 18.0 Å². The van der Waals surface area contributed by atoms with Crippen LogP contribution < -0.4 is 5.43 Å². The van der Waals surface area contributed by atoms with E-state index < -0.39 is 18.0 Å². The molecule has 0 aromatic carbocycles. The Morgan fingerprint density at radius 3 is 3.10 bits per heavy atom. The quantitative estimate of drug-likeness (QED) is 0.759. The standard InChI is InChI=1S/C13H11N3O5/c1-19-13(18)21-11-9(7-3-2-4-14-5-7)10-8(15-16-11)6-20-12(10)17/h2-5,9,15H,6H2,1H3. The van der Waals surface area contributed by atoms with Crippen LogP contribution in [0.1, 0.15) is 11.5 Å². The van der Waals surface area contributed by atoms with Crippen molar-refractivity contribution < 1.29 is 23.8 Å². The SMILES string of the molecule is COC(=O)OC1=NNC2=C(C(=O)OC2)C1c1cccnc1. The molecule has 0 aliphatic carbocycles. The van der Waals surface area contributed by atoms with Crippen molar-refractivity contribution in [1.29, 1.82) is 0 Å². The molecule has 1 atom stereocenters. The van der Waals surface area contributed by atoms with Crippen molar-refractivity contribution in [2.24, 2.45) is 5.10 Å². The lowest BCUT2D eigenvalue weighted by atomic mass is 9.90. The fourth-order valence-corrected chi connectivity index (χ4v) is 2.18. The van der Waals surface area contributed by atoms with Gasteiger partial charge in [0.05, 0.1) is 24.3 Å². The third-order valence-corrected chi connectivity index (χ3v) is 3.10. The summed E-state index contributed by atoms with van der Waals surface area (Å²) in [6, 6.07) is 3.48. The molecular formula is C13H11N3O5. The lowest BCUT2D eigenvalue weighted by Crippen LogP contribution is -2.31. The number of rotatable bonds is 1. The van der Waals surface area contributed by atoms with Crippen LogP contribution in [0.25, 0.3) is 0 Å². The first-order chi connectivity index (χ1) is 10.2. The van der Waals surface area contributed by atoms with E-state index in [9.17, 15) is 9.59 Å². The molecule has 1 N–H and O–H groups in total. The van der Waals surface area contributed by atoms with E-state index in [2.05, 4.69) is 20.2 Å². The van der Waals surface area contributed by atoms with Crippen molar-refractivity contribution in [3.05, 3.63) is 41.4 Å². The molecule has 8 nitrogen and oxygen atoms in total. The zero-order chi connectivity index (χ0) is 14.8. The topological polar surface area (TPSA) is 99.1 Å². The zero-order valence-electron chi connectivity index (χ0n) is 11.0. The van der Waals surface area contributed by atoms with Crippen molar-refractivity contribution in [3.63, 3.8) is 0 Å². The summed E-state index contributed by atoms with van der Waals surface area (Å²) < 4.78 is 14.5. The zero-order valence-corrected chi connectivity index (χ0v) is 11.0. The summed E-state index contributed by atoms with van der Waals surface area (Å²) in [5, 5.41) is 3.98. The normalized spacial score (nSPS) is 20.1. The Hall–Kier alpha value is -2.90. The lowest BCUT2D eigenvalue weighted by molar-refractivity contribution is -0.136. The number of cyclic esters (lactones) is 1. The summed E-state index contributed by atoms with van der Waals surface area (Å²) in [5.41, 5.74) is 4.23. The Morgan fingerprint density at radius 2 is 2.38 bits per heavy atom. The van der Waals surface area contributed by atoms with Gasteiger partial charge in [0, 0.05) is 12.4 Å². The molecule has 0 fully saturated rings. The molecule has 2 aliphatic heterocycles. The predicted molar refractivity (Wildman–Crippen MR) is 69.0 cm³/mol. The number of ether oxygens (including phenoxy) is 3. The minimum atomic E-state index is -0.917. The van der Waals surface area contributed by atoms with E-state index in [1.807, 2.05) is 0 Å². The van der Waals surface area contributed by atoms with Gasteiger partial charge in [-0.2, -0.15) is 0 Å². The number of aromatic nitrogens is 1. The smallest absolute Gasteiger partial charge is 0.456 e. The highest BCUT2D eigenvalue weighted by Crippen LogP contribution is 2.34. The Morgan fingerprint density at radius 1 is 1.52 bits per heavy atom. The predicted octanol–water partition coefficient (Wildman–Crippen LogP) is 0.676. The molecule has 1 unspecified atom stereocenters. The fraction of sp³-hybridized carbons (Fsp3) is 0.231. The first kappa shape index (κ1) is 13.1. The molecule has 0 bridgehead atoms. The Balaban J connectivity index is 2.01. The maximum atomic E-state index is 11.9. The summed E-state index contributed by atoms with van der Waals surface area (Å²) in [6.07, 6.45) is 2.26. The van der Waals surface area contributed by atoms with Crippen LogP contribution >= 0.6 is 0 Å². The molecular weight excluding hydrogens is 278 g/mol. The minimum absolute atomic E-state index is 0.00690. The highest BCUT2D eigenvalue weighted by atomic mass is 16.7. The third kappa shape index (κ3) is 2.31. The number of methoxy groups -OCH3 is 1. The molecule has 3 rings (SSSR count). The lowest BCUT2D eigenvalue weighted by Gasteiger charge is -2.22. The Labute approximate surface area is 119 Å². The van der Waals surface area contributed by atoms with E-state index in [0.29, 0.717) is 16.8 Å². The van der Waals surface area contributed by atoms with Crippen molar-refractivity contribution in [1.82, 2.24) is 10.4 Å². The van der Waals surface area contributed by atoms with Gasteiger partial charge in [0.2, 0.25) is 5.90 Å².